The van der Waals surface area contributed by atoms with Gasteiger partial charge in [0.1, 0.15) is 18.2 Å². The summed E-state index contributed by atoms with van der Waals surface area (Å²) < 4.78 is 41.1. The van der Waals surface area contributed by atoms with Crippen LogP contribution in [0.15, 0.2) is 18.2 Å². The molecule has 0 N–H and O–H groups in total. The molecule has 0 saturated heterocycles. The highest BCUT2D eigenvalue weighted by Gasteiger charge is 2.09. The lowest BCUT2D eigenvalue weighted by Crippen LogP contribution is -2.16. The Morgan fingerprint density at radius 3 is 2.59 bits per heavy atom. The number of hydrogen-bond donors (Lipinski definition) is 0. The van der Waals surface area contributed by atoms with Gasteiger partial charge in [-0.1, -0.05) is 13.0 Å². The highest BCUT2D eigenvalue weighted by atomic mass is 32.2. The zero-order valence-corrected chi connectivity index (χ0v) is 10.9. The quantitative estimate of drug-likeness (QED) is 0.788. The van der Waals surface area contributed by atoms with Gasteiger partial charge in [-0.25, -0.2) is 12.8 Å². The Morgan fingerprint density at radius 2 is 2.00 bits per heavy atom. The summed E-state index contributed by atoms with van der Waals surface area (Å²) in [5, 5.41) is 0. The van der Waals surface area contributed by atoms with Gasteiger partial charge >= 0.3 is 0 Å². The molecule has 0 bridgehead atoms. The molecule has 0 aliphatic heterocycles. The lowest BCUT2D eigenvalue weighted by molar-refractivity contribution is 0.338. The molecule has 0 aliphatic carbocycles. The molecule has 0 aliphatic rings. The molecule has 0 saturated carbocycles. The second-order valence-corrected chi connectivity index (χ2v) is 6.21. The number of ether oxygens (including phenoxy) is 1. The summed E-state index contributed by atoms with van der Waals surface area (Å²) in [6.45, 7) is 3.53. The van der Waals surface area contributed by atoms with Crippen LogP contribution in [0.4, 0.5) is 4.39 Å². The molecule has 0 heterocycles. The molecule has 0 spiro atoms. The summed E-state index contributed by atoms with van der Waals surface area (Å²) in [4.78, 5) is 0. The topological polar surface area (TPSA) is 43.4 Å². The first-order valence-electron chi connectivity index (χ1n) is 5.54. The van der Waals surface area contributed by atoms with Crippen LogP contribution < -0.4 is 4.74 Å². The van der Waals surface area contributed by atoms with Crippen molar-refractivity contribution >= 4 is 9.84 Å². The van der Waals surface area contributed by atoms with Gasteiger partial charge in [0.05, 0.1) is 11.5 Å². The highest BCUT2D eigenvalue weighted by molar-refractivity contribution is 7.91. The van der Waals surface area contributed by atoms with Crippen LogP contribution in [0.2, 0.25) is 0 Å². The van der Waals surface area contributed by atoms with E-state index in [1.54, 1.807) is 19.1 Å². The van der Waals surface area contributed by atoms with Gasteiger partial charge in [0, 0.05) is 6.07 Å². The van der Waals surface area contributed by atoms with Gasteiger partial charge in [-0.15, -0.1) is 0 Å². The molecule has 0 radical (unpaired) electrons. The number of aryl methyl sites for hydroxylation is 1. The van der Waals surface area contributed by atoms with Crippen molar-refractivity contribution in [1.29, 1.82) is 0 Å². The Bertz CT molecular complexity index is 469. The largest absolute Gasteiger partial charge is 0.492 e. The van der Waals surface area contributed by atoms with Crippen molar-refractivity contribution in [3.8, 4) is 5.75 Å². The summed E-state index contributed by atoms with van der Waals surface area (Å²) in [6, 6.07) is 4.50. The summed E-state index contributed by atoms with van der Waals surface area (Å²) in [6.07, 6.45) is 0.599. The molecule has 3 nitrogen and oxygen atoms in total. The highest BCUT2D eigenvalue weighted by Crippen LogP contribution is 2.15. The van der Waals surface area contributed by atoms with E-state index in [1.165, 1.54) is 6.07 Å². The van der Waals surface area contributed by atoms with E-state index in [2.05, 4.69) is 0 Å². The molecular weight excluding hydrogens is 243 g/mol. The lowest BCUT2D eigenvalue weighted by atomic mass is 10.2. The SMILES string of the molecule is CCCS(=O)(=O)CCOc1ccc(C)c(F)c1. The normalized spacial score (nSPS) is 11.5. The number of halogens is 1. The number of benzene rings is 1. The maximum absolute atomic E-state index is 13.2. The molecule has 5 heteroatoms. The number of rotatable bonds is 6. The third kappa shape index (κ3) is 4.73. The molecule has 1 aromatic rings. The van der Waals surface area contributed by atoms with Crippen LogP contribution in [0.3, 0.4) is 0 Å². The molecule has 0 aromatic heterocycles. The van der Waals surface area contributed by atoms with Crippen LogP contribution in [0.1, 0.15) is 18.9 Å². The Morgan fingerprint density at radius 1 is 1.29 bits per heavy atom. The minimum atomic E-state index is -3.04. The van der Waals surface area contributed by atoms with Crippen molar-refractivity contribution in [2.75, 3.05) is 18.1 Å². The summed E-state index contributed by atoms with van der Waals surface area (Å²) in [5.41, 5.74) is 0.538. The van der Waals surface area contributed by atoms with Crippen LogP contribution in [0.5, 0.6) is 5.75 Å². The van der Waals surface area contributed by atoms with Gasteiger partial charge in [0.15, 0.2) is 9.84 Å². The Hall–Kier alpha value is -1.10. The summed E-state index contributed by atoms with van der Waals surface area (Å²) in [7, 11) is -3.04. The third-order valence-corrected chi connectivity index (χ3v) is 4.14. The van der Waals surface area contributed by atoms with Crippen LogP contribution in [-0.2, 0) is 9.84 Å². The lowest BCUT2D eigenvalue weighted by Gasteiger charge is -2.07. The fourth-order valence-corrected chi connectivity index (χ4v) is 2.53. The summed E-state index contributed by atoms with van der Waals surface area (Å²) in [5.74, 6) is 0.147. The first-order valence-corrected chi connectivity index (χ1v) is 7.36. The standard InChI is InChI=1S/C12H17FO3S/c1-3-7-17(14,15)8-6-16-11-5-4-10(2)12(13)9-11/h4-5,9H,3,6-8H2,1-2H3. The molecule has 0 amide bonds. The van der Waals surface area contributed by atoms with Crippen molar-refractivity contribution < 1.29 is 17.5 Å². The van der Waals surface area contributed by atoms with Crippen LogP contribution in [-0.4, -0.2) is 26.5 Å². The van der Waals surface area contributed by atoms with Crippen molar-refractivity contribution in [3.05, 3.63) is 29.6 Å². The third-order valence-electron chi connectivity index (χ3n) is 2.32. The van der Waals surface area contributed by atoms with E-state index in [4.69, 9.17) is 4.74 Å². The minimum absolute atomic E-state index is 0.0314. The van der Waals surface area contributed by atoms with E-state index in [9.17, 15) is 12.8 Å². The molecule has 17 heavy (non-hydrogen) atoms. The Labute approximate surface area is 102 Å². The zero-order chi connectivity index (χ0) is 12.9. The van der Waals surface area contributed by atoms with E-state index < -0.39 is 9.84 Å². The maximum Gasteiger partial charge on any atom is 0.153 e. The van der Waals surface area contributed by atoms with Crippen molar-refractivity contribution in [1.82, 2.24) is 0 Å². The smallest absolute Gasteiger partial charge is 0.153 e. The second-order valence-electron chi connectivity index (χ2n) is 3.91. The van der Waals surface area contributed by atoms with Gasteiger partial charge in [0.25, 0.3) is 0 Å². The van der Waals surface area contributed by atoms with E-state index in [0.717, 1.165) is 0 Å². The van der Waals surface area contributed by atoms with E-state index in [1.807, 2.05) is 6.92 Å². The second kappa shape index (κ2) is 6.00. The van der Waals surface area contributed by atoms with E-state index in [-0.39, 0.29) is 23.9 Å². The Balaban J connectivity index is 2.49. The maximum atomic E-state index is 13.2. The predicted molar refractivity (Wildman–Crippen MR) is 65.6 cm³/mol. The first kappa shape index (κ1) is 14.0. The molecule has 0 unspecified atom stereocenters. The van der Waals surface area contributed by atoms with Crippen molar-refractivity contribution in [2.45, 2.75) is 20.3 Å². The Kier molecular flexibility index (Phi) is 4.93. The minimum Gasteiger partial charge on any atom is -0.492 e. The van der Waals surface area contributed by atoms with Crippen LogP contribution in [0.25, 0.3) is 0 Å². The monoisotopic (exact) mass is 260 g/mol. The van der Waals surface area contributed by atoms with Crippen molar-refractivity contribution in [2.24, 2.45) is 0 Å². The van der Waals surface area contributed by atoms with Crippen LogP contribution in [0, 0.1) is 12.7 Å². The zero-order valence-electron chi connectivity index (χ0n) is 10.1. The van der Waals surface area contributed by atoms with Gasteiger partial charge in [-0.3, -0.25) is 0 Å². The number of sulfone groups is 1. The summed E-state index contributed by atoms with van der Waals surface area (Å²) >= 11 is 0. The average molecular weight is 260 g/mol. The van der Waals surface area contributed by atoms with E-state index in [0.29, 0.717) is 17.7 Å². The van der Waals surface area contributed by atoms with Gasteiger partial charge in [-0.05, 0) is 25.0 Å². The predicted octanol–water partition coefficient (Wildman–Crippen LogP) is 2.34. The van der Waals surface area contributed by atoms with Gasteiger partial charge in [0.2, 0.25) is 0 Å². The van der Waals surface area contributed by atoms with Crippen LogP contribution >= 0.6 is 0 Å². The number of hydrogen-bond acceptors (Lipinski definition) is 3. The molecule has 96 valence electrons. The molecule has 0 atom stereocenters. The molecular formula is C12H17FO3S. The first-order chi connectivity index (χ1) is 7.94. The van der Waals surface area contributed by atoms with Gasteiger partial charge in [-0.2, -0.15) is 0 Å². The molecule has 0 fully saturated rings. The van der Waals surface area contributed by atoms with Gasteiger partial charge < -0.3 is 4.74 Å². The fourth-order valence-electron chi connectivity index (χ4n) is 1.36. The molecule has 1 aromatic carbocycles. The average Bonchev–Trinajstić information content (AvgIpc) is 2.23. The fraction of sp³-hybridized carbons (Fsp3) is 0.500. The van der Waals surface area contributed by atoms with Crippen molar-refractivity contribution in [3.63, 3.8) is 0 Å². The van der Waals surface area contributed by atoms with E-state index >= 15 is 0 Å². The molecule has 1 rings (SSSR count).